The van der Waals surface area contributed by atoms with Crippen LogP contribution in [0.2, 0.25) is 0 Å². The lowest BCUT2D eigenvalue weighted by molar-refractivity contribution is -0.176. The van der Waals surface area contributed by atoms with Crippen molar-refractivity contribution in [2.75, 3.05) is 20.0 Å². The number of carbonyl (C=O) groups is 1. The zero-order valence-electron chi connectivity index (χ0n) is 25.1. The Morgan fingerprint density at radius 3 is 1.89 bits per heavy atom. The number of phenolic OH excluding ortho intramolecular Hbond substituents is 1. The molecule has 45 heavy (non-hydrogen) atoms. The highest BCUT2D eigenvalue weighted by atomic mass is 16.7. The minimum atomic E-state index is -1.60. The number of methoxy groups -OCH3 is 2. The van der Waals surface area contributed by atoms with Crippen LogP contribution in [0.5, 0.6) is 5.75 Å². The second-order valence-corrected chi connectivity index (χ2v) is 10.3. The van der Waals surface area contributed by atoms with Crippen LogP contribution in [0.4, 0.5) is 28.4 Å². The molecule has 0 amide bonds. The Hall–Kier alpha value is -5.76. The van der Waals surface area contributed by atoms with Crippen molar-refractivity contribution in [3.63, 3.8) is 0 Å². The zero-order valence-corrected chi connectivity index (χ0v) is 25.1. The largest absolute Gasteiger partial charge is 0.505 e. The second-order valence-electron chi connectivity index (χ2n) is 10.3. The van der Waals surface area contributed by atoms with Crippen molar-refractivity contribution < 1.29 is 19.4 Å². The van der Waals surface area contributed by atoms with Crippen LogP contribution in [0.3, 0.4) is 0 Å². The summed E-state index contributed by atoms with van der Waals surface area (Å²) >= 11 is 0. The maximum atomic E-state index is 13.5. The normalized spacial score (nSPS) is 11.8. The Bertz CT molecular complexity index is 1980. The molecule has 0 saturated carbocycles. The monoisotopic (exact) mass is 598 g/mol. The van der Waals surface area contributed by atoms with E-state index in [-0.39, 0.29) is 22.9 Å². The van der Waals surface area contributed by atoms with Gasteiger partial charge in [-0.3, -0.25) is 4.79 Å². The minimum absolute atomic E-state index is 0.138. The molecular weight excluding hydrogens is 568 g/mol. The van der Waals surface area contributed by atoms with Gasteiger partial charge in [-0.25, -0.2) is 0 Å². The van der Waals surface area contributed by atoms with Crippen LogP contribution >= 0.6 is 0 Å². The van der Waals surface area contributed by atoms with Crippen LogP contribution in [0, 0.1) is 25.2 Å². The van der Waals surface area contributed by atoms with Crippen LogP contribution in [0.1, 0.15) is 32.6 Å². The summed E-state index contributed by atoms with van der Waals surface area (Å²) in [6.45, 7) is 3.68. The van der Waals surface area contributed by atoms with E-state index in [1.165, 1.54) is 14.2 Å². The lowest BCUT2D eigenvalue weighted by atomic mass is 9.95. The highest BCUT2D eigenvalue weighted by Gasteiger charge is 2.41. The molecule has 0 saturated heterocycles. The fourth-order valence-corrected chi connectivity index (χ4v) is 5.08. The fourth-order valence-electron chi connectivity index (χ4n) is 5.08. The van der Waals surface area contributed by atoms with E-state index in [0.29, 0.717) is 44.7 Å². The summed E-state index contributed by atoms with van der Waals surface area (Å²) in [6, 6.07) is 28.0. The van der Waals surface area contributed by atoms with E-state index in [1.54, 1.807) is 72.8 Å². The van der Waals surface area contributed by atoms with Gasteiger partial charge in [-0.15, -0.1) is 10.2 Å². The van der Waals surface area contributed by atoms with Crippen LogP contribution < -0.4 is 5.73 Å². The lowest BCUT2D eigenvalue weighted by Crippen LogP contribution is -2.39. The number of nitrogens with zero attached hydrogens (tertiary/aromatic N) is 5. The van der Waals surface area contributed by atoms with Crippen LogP contribution in [0.25, 0.3) is 10.8 Å². The number of benzene rings is 5. The first-order valence-corrected chi connectivity index (χ1v) is 13.9. The van der Waals surface area contributed by atoms with Crippen molar-refractivity contribution in [1.82, 2.24) is 0 Å². The molecule has 0 unspecified atom stereocenters. The van der Waals surface area contributed by atoms with Crippen molar-refractivity contribution in [1.29, 1.82) is 5.26 Å². The number of phenols is 1. The quantitative estimate of drug-likeness (QED) is 0.0747. The summed E-state index contributed by atoms with van der Waals surface area (Å²) in [5.41, 5.74) is 11.3. The number of carbonyl (C=O) groups excluding carboxylic acids is 1. The summed E-state index contributed by atoms with van der Waals surface area (Å²) in [7, 11) is 2.84. The van der Waals surface area contributed by atoms with Gasteiger partial charge in [0.1, 0.15) is 11.4 Å². The third-order valence-corrected chi connectivity index (χ3v) is 7.45. The van der Waals surface area contributed by atoms with Gasteiger partial charge in [0.05, 0.1) is 34.1 Å². The Labute approximate surface area is 260 Å². The van der Waals surface area contributed by atoms with Crippen molar-refractivity contribution >= 4 is 45.0 Å². The molecule has 0 aliphatic rings. The molecule has 224 valence electrons. The van der Waals surface area contributed by atoms with Gasteiger partial charge in [0, 0.05) is 25.3 Å². The number of ether oxygens (including phenoxy) is 2. The van der Waals surface area contributed by atoms with Gasteiger partial charge >= 0.3 is 0 Å². The molecule has 3 N–H and O–H groups in total. The van der Waals surface area contributed by atoms with E-state index < -0.39 is 5.79 Å². The number of hydrogen-bond acceptors (Lipinski definition) is 10. The number of anilines is 1. The molecule has 0 aliphatic carbocycles. The standard InChI is InChI=1S/C35H30N6O4/c1-21-18-25-19-22(2)32(33(42)29(25)30(37)31(21)40-38-27-14-10-23(20-36)11-15-27)41-39-28-16-12-24(13-17-28)34(43)35(44-3,45-4)26-8-6-5-7-9-26/h5-19,42H,37H2,1-4H3. The molecule has 5 rings (SSSR count). The first kappa shape index (κ1) is 30.7. The average molecular weight is 599 g/mol. The van der Waals surface area contributed by atoms with Gasteiger partial charge in [0.15, 0.2) is 5.75 Å². The summed E-state index contributed by atoms with van der Waals surface area (Å²) in [5.74, 6) is -2.11. The number of ketones is 1. The first-order valence-electron chi connectivity index (χ1n) is 13.9. The second kappa shape index (κ2) is 12.9. The minimum Gasteiger partial charge on any atom is -0.505 e. The van der Waals surface area contributed by atoms with Crippen molar-refractivity contribution in [2.24, 2.45) is 20.5 Å². The topological polar surface area (TPSA) is 155 Å². The first-order chi connectivity index (χ1) is 21.7. The molecule has 0 bridgehead atoms. The molecule has 0 spiro atoms. The molecule has 0 aliphatic heterocycles. The summed E-state index contributed by atoms with van der Waals surface area (Å²) in [5, 5.41) is 38.7. The summed E-state index contributed by atoms with van der Waals surface area (Å²) < 4.78 is 11.2. The van der Waals surface area contributed by atoms with Crippen molar-refractivity contribution in [3.05, 3.63) is 119 Å². The number of aryl methyl sites for hydroxylation is 2. The number of Topliss-reactive ketones (excluding diaryl/α,β-unsaturated/α-hetero) is 1. The molecule has 10 heteroatoms. The zero-order chi connectivity index (χ0) is 32.1. The maximum absolute atomic E-state index is 13.5. The van der Waals surface area contributed by atoms with Gasteiger partial charge in [0.2, 0.25) is 5.78 Å². The predicted octanol–water partition coefficient (Wildman–Crippen LogP) is 8.78. The molecule has 5 aromatic carbocycles. The molecule has 0 atom stereocenters. The van der Waals surface area contributed by atoms with E-state index >= 15 is 0 Å². The SMILES string of the molecule is COC(OC)(C(=O)c1ccc(N=Nc2c(C)cc3cc(C)c(N=Nc4ccc(C#N)cc4)c(N)c3c2O)cc1)c1ccccc1. The van der Waals surface area contributed by atoms with E-state index in [9.17, 15) is 9.90 Å². The van der Waals surface area contributed by atoms with Gasteiger partial charge in [0.25, 0.3) is 5.79 Å². The van der Waals surface area contributed by atoms with Crippen LogP contribution in [0.15, 0.2) is 111 Å². The van der Waals surface area contributed by atoms with Gasteiger partial charge in [-0.1, -0.05) is 30.3 Å². The Balaban J connectivity index is 1.45. The molecule has 10 nitrogen and oxygen atoms in total. The van der Waals surface area contributed by atoms with Gasteiger partial charge in [-0.2, -0.15) is 15.5 Å². The lowest BCUT2D eigenvalue weighted by Gasteiger charge is -2.29. The number of nitrogens with two attached hydrogens (primary N) is 1. The fraction of sp³-hybridized carbons (Fsp3) is 0.143. The maximum Gasteiger partial charge on any atom is 0.260 e. The Morgan fingerprint density at radius 2 is 1.33 bits per heavy atom. The van der Waals surface area contributed by atoms with Crippen LogP contribution in [-0.4, -0.2) is 25.1 Å². The Morgan fingerprint density at radius 1 is 0.800 bits per heavy atom. The number of aromatic hydroxyl groups is 1. The molecule has 0 aromatic heterocycles. The smallest absolute Gasteiger partial charge is 0.260 e. The van der Waals surface area contributed by atoms with E-state index in [4.69, 9.17) is 20.5 Å². The summed E-state index contributed by atoms with van der Waals surface area (Å²) in [4.78, 5) is 13.5. The highest BCUT2D eigenvalue weighted by molar-refractivity contribution is 6.06. The average Bonchev–Trinajstić information content (AvgIpc) is 3.06. The van der Waals surface area contributed by atoms with Crippen LogP contribution in [-0.2, 0) is 15.3 Å². The highest BCUT2D eigenvalue weighted by Crippen LogP contribution is 2.46. The third-order valence-electron chi connectivity index (χ3n) is 7.45. The molecule has 0 fully saturated rings. The molecule has 0 radical (unpaired) electrons. The van der Waals surface area contributed by atoms with Gasteiger partial charge < -0.3 is 20.3 Å². The number of fused-ring (bicyclic) bond motifs is 1. The molecular formula is C35H30N6O4. The van der Waals surface area contributed by atoms with Gasteiger partial charge in [-0.05, 0) is 91.0 Å². The van der Waals surface area contributed by atoms with Crippen molar-refractivity contribution in [3.8, 4) is 11.8 Å². The number of rotatable bonds is 9. The number of nitrogen functional groups attached to an aromatic ring is 1. The van der Waals surface area contributed by atoms with E-state index in [2.05, 4.69) is 26.5 Å². The van der Waals surface area contributed by atoms with Crippen molar-refractivity contribution in [2.45, 2.75) is 19.6 Å². The van der Waals surface area contributed by atoms with E-state index in [0.717, 1.165) is 10.9 Å². The summed E-state index contributed by atoms with van der Waals surface area (Å²) in [6.07, 6.45) is 0. The number of nitriles is 1. The number of azo groups is 2. The number of hydrogen-bond donors (Lipinski definition) is 2. The molecule has 5 aromatic rings. The Kier molecular flexibility index (Phi) is 8.76. The predicted molar refractivity (Wildman–Crippen MR) is 172 cm³/mol. The van der Waals surface area contributed by atoms with E-state index in [1.807, 2.05) is 32.0 Å². The molecule has 0 heterocycles. The third kappa shape index (κ3) is 5.90.